The Morgan fingerprint density at radius 1 is 0.951 bits per heavy atom. The minimum atomic E-state index is -2.57. The van der Waals surface area contributed by atoms with Crippen molar-refractivity contribution in [3.63, 3.8) is 0 Å². The van der Waals surface area contributed by atoms with Crippen LogP contribution in [0.1, 0.15) is 112 Å². The molecule has 2 bridgehead atoms. The minimum Gasteiger partial charge on any atom is -0.489 e. The summed E-state index contributed by atoms with van der Waals surface area (Å²) in [5.74, 6) is -6.94. The number of alkyl halides is 1. The predicted molar refractivity (Wildman–Crippen MR) is 229 cm³/mol. The summed E-state index contributed by atoms with van der Waals surface area (Å²) in [7, 11) is 2.93. The number of allylic oxidation sites excluding steroid dienone is 3. The number of aliphatic hydroxyl groups is 1. The number of hydrogen-bond acceptors (Lipinski definition) is 11. The van der Waals surface area contributed by atoms with Crippen LogP contribution in [0.25, 0.3) is 0 Å². The molecule has 14 unspecified atom stereocenters. The molecule has 1 aliphatic carbocycles. The third kappa shape index (κ3) is 11.6. The number of para-hydroxylation sites is 1. The first-order chi connectivity index (χ1) is 29.0. The molecule has 3 fully saturated rings. The molecule has 1 aromatic rings. The number of esters is 1. The number of Topliss-reactive ketones (excluding diaryl/α,β-unsaturated/α-hetero) is 2. The molecule has 61 heavy (non-hydrogen) atoms. The number of benzene rings is 1. The lowest BCUT2D eigenvalue weighted by Gasteiger charge is -2.47. The monoisotopic (exact) mass is 855 g/mol. The Kier molecular flexibility index (Phi) is 17.3. The van der Waals surface area contributed by atoms with E-state index in [4.69, 9.17) is 29.4 Å². The third-order valence-electron chi connectivity index (χ3n) is 13.8. The molecule has 3 heterocycles. The number of nitrogens with two attached hydrogens (primary N) is 1. The Balaban J connectivity index is 1.47. The molecule has 5 rings (SSSR count). The predicted octanol–water partition coefficient (Wildman–Crippen LogP) is 6.85. The van der Waals surface area contributed by atoms with E-state index in [0.717, 1.165) is 24.2 Å². The molecule has 3 aliphatic heterocycles. The maximum absolute atomic E-state index is 16.2. The summed E-state index contributed by atoms with van der Waals surface area (Å²) >= 11 is 0. The van der Waals surface area contributed by atoms with Gasteiger partial charge < -0.3 is 39.4 Å². The second kappa shape index (κ2) is 21.7. The summed E-state index contributed by atoms with van der Waals surface area (Å²) in [5, 5.41) is 12.1. The first kappa shape index (κ1) is 48.5. The number of halogens is 1. The Bertz CT molecular complexity index is 1720. The van der Waals surface area contributed by atoms with Crippen molar-refractivity contribution >= 4 is 23.4 Å². The van der Waals surface area contributed by atoms with E-state index in [1.54, 1.807) is 26.8 Å². The highest BCUT2D eigenvalue weighted by atomic mass is 19.1. The van der Waals surface area contributed by atoms with Gasteiger partial charge in [-0.3, -0.25) is 14.4 Å². The summed E-state index contributed by atoms with van der Waals surface area (Å²) in [6, 6.07) is 8.30. The van der Waals surface area contributed by atoms with Gasteiger partial charge in [-0.25, -0.2) is 9.18 Å². The zero-order valence-corrected chi connectivity index (χ0v) is 37.6. The standard InChI is InChI=1S/C48H71FN2O10/c1-9-34-24-29(3)42(49)30(4)25-40(57-7)44-41(58-8)26-32(6)48(56,61-44)45(53)46(54)51-22-14-13-17-37(51)47(55)60-43(28(2)18-20-38(34)52)31(5)23-33-19-21-39(36(50)27-33)59-35-15-11-10-12-16-35/h10-12,15-16,23-24,28,30,32-34,36-37,39-44,56H,9,13-14,17-22,25-27,50H2,1-8H3. The molecule has 340 valence electrons. The number of cyclic esters (lactones) is 1. The van der Waals surface area contributed by atoms with Crippen molar-refractivity contribution in [2.45, 2.75) is 167 Å². The number of ether oxygens (including phenoxy) is 5. The summed E-state index contributed by atoms with van der Waals surface area (Å²) in [6.07, 6.45) is 3.98. The number of methoxy groups -OCH3 is 2. The highest BCUT2D eigenvalue weighted by Gasteiger charge is 2.56. The third-order valence-corrected chi connectivity index (χ3v) is 13.8. The van der Waals surface area contributed by atoms with Gasteiger partial charge in [0.25, 0.3) is 11.7 Å². The fourth-order valence-corrected chi connectivity index (χ4v) is 9.93. The second-order valence-electron chi connectivity index (χ2n) is 18.3. The Labute approximate surface area is 362 Å². The fraction of sp³-hybridized carbons (Fsp3) is 0.708. The topological polar surface area (TPSA) is 164 Å². The lowest BCUT2D eigenvalue weighted by atomic mass is 9.81. The smallest absolute Gasteiger partial charge is 0.329 e. The van der Waals surface area contributed by atoms with Crippen molar-refractivity contribution in [2.24, 2.45) is 35.3 Å². The van der Waals surface area contributed by atoms with Crippen LogP contribution < -0.4 is 10.5 Å². The van der Waals surface area contributed by atoms with E-state index in [9.17, 15) is 24.3 Å². The van der Waals surface area contributed by atoms with E-state index < -0.39 is 77.8 Å². The van der Waals surface area contributed by atoms with Gasteiger partial charge in [0.05, 0.1) is 12.2 Å². The number of carbonyl (C=O) groups excluding carboxylic acids is 4. The Morgan fingerprint density at radius 3 is 2.30 bits per heavy atom. The summed E-state index contributed by atoms with van der Waals surface area (Å²) in [4.78, 5) is 58.0. The molecule has 1 aromatic carbocycles. The van der Waals surface area contributed by atoms with Crippen LogP contribution in [-0.4, -0.2) is 109 Å². The van der Waals surface area contributed by atoms with Crippen LogP contribution in [0.5, 0.6) is 5.75 Å². The van der Waals surface area contributed by atoms with Crippen molar-refractivity contribution in [3.05, 3.63) is 53.6 Å². The van der Waals surface area contributed by atoms with Crippen molar-refractivity contribution in [1.29, 1.82) is 0 Å². The van der Waals surface area contributed by atoms with Gasteiger partial charge in [-0.05, 0) is 119 Å². The van der Waals surface area contributed by atoms with Gasteiger partial charge in [0.2, 0.25) is 5.79 Å². The van der Waals surface area contributed by atoms with Gasteiger partial charge in [0.15, 0.2) is 0 Å². The molecule has 4 aliphatic rings. The molecular formula is C48H71FN2O10. The lowest BCUT2D eigenvalue weighted by molar-refractivity contribution is -0.302. The SMILES string of the molecule is CCC1C=C(C)C(F)C(C)CC(OC)C2OC(O)(C(=O)C(=O)N3CCCCC3C(=O)OC(C(C)=CC3CCC(Oc4ccccc4)C(N)C3)C(C)CCC1=O)C(C)CC2OC. The van der Waals surface area contributed by atoms with E-state index in [0.29, 0.717) is 37.7 Å². The summed E-state index contributed by atoms with van der Waals surface area (Å²) < 4.78 is 46.7. The zero-order valence-electron chi connectivity index (χ0n) is 37.6. The minimum absolute atomic E-state index is 0.0295. The number of amides is 1. The Hall–Kier alpha value is -3.49. The molecule has 1 amide bonds. The van der Waals surface area contributed by atoms with Crippen LogP contribution >= 0.6 is 0 Å². The number of hydrogen-bond donors (Lipinski definition) is 2. The molecule has 2 saturated heterocycles. The number of piperidine rings is 1. The number of ketones is 2. The van der Waals surface area contributed by atoms with Crippen LogP contribution in [0.4, 0.5) is 4.39 Å². The molecular weight excluding hydrogens is 784 g/mol. The number of rotatable bonds is 7. The van der Waals surface area contributed by atoms with E-state index in [2.05, 4.69) is 6.08 Å². The molecule has 13 heteroatoms. The Morgan fingerprint density at radius 2 is 1.64 bits per heavy atom. The van der Waals surface area contributed by atoms with Crippen LogP contribution in [0.3, 0.4) is 0 Å². The second-order valence-corrected chi connectivity index (χ2v) is 18.3. The van der Waals surface area contributed by atoms with E-state index in [-0.39, 0.29) is 62.0 Å². The first-order valence-electron chi connectivity index (χ1n) is 22.5. The zero-order chi connectivity index (χ0) is 44.6. The van der Waals surface area contributed by atoms with Crippen molar-refractivity contribution in [3.8, 4) is 5.75 Å². The summed E-state index contributed by atoms with van der Waals surface area (Å²) in [6.45, 7) is 10.9. The largest absolute Gasteiger partial charge is 0.489 e. The van der Waals surface area contributed by atoms with Crippen LogP contribution in [0, 0.1) is 29.6 Å². The maximum atomic E-state index is 16.2. The van der Waals surface area contributed by atoms with Gasteiger partial charge in [-0.2, -0.15) is 0 Å². The maximum Gasteiger partial charge on any atom is 0.329 e. The fourth-order valence-electron chi connectivity index (χ4n) is 9.93. The van der Waals surface area contributed by atoms with Gasteiger partial charge in [0, 0.05) is 45.1 Å². The quantitative estimate of drug-likeness (QED) is 0.168. The van der Waals surface area contributed by atoms with Gasteiger partial charge in [-0.15, -0.1) is 0 Å². The molecule has 12 nitrogen and oxygen atoms in total. The highest BCUT2D eigenvalue weighted by Crippen LogP contribution is 2.39. The molecule has 14 atom stereocenters. The molecule has 1 saturated carbocycles. The lowest BCUT2D eigenvalue weighted by Crippen LogP contribution is -2.64. The molecule has 0 radical (unpaired) electrons. The average Bonchev–Trinajstić information content (AvgIpc) is 3.26. The first-order valence-corrected chi connectivity index (χ1v) is 22.5. The normalized spacial score (nSPS) is 38.1. The van der Waals surface area contributed by atoms with Crippen molar-refractivity contribution in [2.75, 3.05) is 20.8 Å². The van der Waals surface area contributed by atoms with Gasteiger partial charge in [0.1, 0.15) is 42.1 Å². The number of carbonyl (C=O) groups is 4. The summed E-state index contributed by atoms with van der Waals surface area (Å²) in [5.41, 5.74) is 7.89. The number of fused-ring (bicyclic) bond motifs is 3. The van der Waals surface area contributed by atoms with Crippen LogP contribution in [-0.2, 0) is 38.1 Å². The molecule has 0 aromatic heterocycles. The molecule has 0 spiro atoms. The van der Waals surface area contributed by atoms with Crippen molar-refractivity contribution in [1.82, 2.24) is 4.90 Å². The van der Waals surface area contributed by atoms with Crippen LogP contribution in [0.15, 0.2) is 53.6 Å². The average molecular weight is 855 g/mol. The van der Waals surface area contributed by atoms with Gasteiger partial charge in [-0.1, -0.05) is 58.0 Å². The highest BCUT2D eigenvalue weighted by molar-refractivity contribution is 6.39. The molecule has 3 N–H and O–H groups in total. The van der Waals surface area contributed by atoms with E-state index >= 15 is 4.39 Å². The van der Waals surface area contributed by atoms with E-state index in [1.807, 2.05) is 51.1 Å². The van der Waals surface area contributed by atoms with E-state index in [1.165, 1.54) is 19.1 Å². The number of nitrogens with zero attached hydrogens (tertiary/aromatic N) is 1. The van der Waals surface area contributed by atoms with Crippen LogP contribution in [0.2, 0.25) is 0 Å². The van der Waals surface area contributed by atoms with Crippen molar-refractivity contribution < 1.29 is 52.4 Å². The van der Waals surface area contributed by atoms with Gasteiger partial charge >= 0.3 is 5.97 Å².